The molecule has 1 amide bonds. The molecule has 4 nitrogen and oxygen atoms in total. The first-order valence-corrected chi connectivity index (χ1v) is 8.70. The highest BCUT2D eigenvalue weighted by Crippen LogP contribution is 2.65. The predicted octanol–water partition coefficient (Wildman–Crippen LogP) is 2.87. The lowest BCUT2D eigenvalue weighted by Crippen LogP contribution is -2.43. The molecule has 1 saturated heterocycles. The molecule has 1 aromatic rings. The maximum atomic E-state index is 13.0. The topological polar surface area (TPSA) is 46.6 Å². The average molecular weight is 313 g/mol. The summed E-state index contributed by atoms with van der Waals surface area (Å²) in [5, 5.41) is 0. The van der Waals surface area contributed by atoms with Gasteiger partial charge in [0.1, 0.15) is 0 Å². The van der Waals surface area contributed by atoms with Crippen molar-refractivity contribution in [2.75, 3.05) is 6.54 Å². The minimum atomic E-state index is -0.713. The summed E-state index contributed by atoms with van der Waals surface area (Å²) in [6.07, 6.45) is 5.97. The van der Waals surface area contributed by atoms with E-state index in [0.29, 0.717) is 6.04 Å². The number of likely N-dealkylation sites (tertiary alicyclic amines) is 1. The Hall–Kier alpha value is -1.84. The van der Waals surface area contributed by atoms with Crippen molar-refractivity contribution in [3.63, 3.8) is 0 Å². The van der Waals surface area contributed by atoms with Gasteiger partial charge in [-0.15, -0.1) is 0 Å². The van der Waals surface area contributed by atoms with Crippen LogP contribution in [0.15, 0.2) is 30.3 Å². The van der Waals surface area contributed by atoms with Gasteiger partial charge in [0.05, 0.1) is 5.92 Å². The van der Waals surface area contributed by atoms with E-state index in [9.17, 15) is 9.59 Å². The lowest BCUT2D eigenvalue weighted by Gasteiger charge is -2.35. The van der Waals surface area contributed by atoms with Crippen LogP contribution in [-0.2, 0) is 19.9 Å². The second-order valence-electron chi connectivity index (χ2n) is 7.12. The standard InChI is InChI=1S/C19H23NO3/c1-13(21)23-19(14-8-4-2-5-9-14)16-12-20(18(22)17(16)19)15-10-6-3-7-11-15/h2,4-5,8-9,15-17H,3,6-7,10-12H2,1H3/t16-,17-,19+/m1/s1. The normalized spacial score (nSPS) is 33.4. The fraction of sp³-hybridized carbons (Fsp3) is 0.579. The largest absolute Gasteiger partial charge is 0.453 e. The lowest BCUT2D eigenvalue weighted by molar-refractivity contribution is -0.155. The third-order valence-electron chi connectivity index (χ3n) is 5.80. The molecule has 2 saturated carbocycles. The number of carbonyl (C=O) groups is 2. The lowest BCUT2D eigenvalue weighted by atomic mass is 9.93. The number of hydrogen-bond donors (Lipinski definition) is 0. The van der Waals surface area contributed by atoms with Gasteiger partial charge in [-0.2, -0.15) is 0 Å². The third kappa shape index (κ3) is 2.19. The van der Waals surface area contributed by atoms with Gasteiger partial charge in [0.2, 0.25) is 5.91 Å². The number of benzene rings is 1. The van der Waals surface area contributed by atoms with E-state index in [-0.39, 0.29) is 23.7 Å². The Morgan fingerprint density at radius 2 is 1.87 bits per heavy atom. The Bertz CT molecular complexity index is 623. The molecule has 1 aromatic carbocycles. The maximum Gasteiger partial charge on any atom is 0.303 e. The number of amides is 1. The molecule has 3 atom stereocenters. The monoisotopic (exact) mass is 313 g/mol. The Morgan fingerprint density at radius 1 is 1.17 bits per heavy atom. The molecule has 3 fully saturated rings. The molecular formula is C19H23NO3. The van der Waals surface area contributed by atoms with Crippen LogP contribution in [0.1, 0.15) is 44.6 Å². The van der Waals surface area contributed by atoms with Gasteiger partial charge in [-0.1, -0.05) is 49.6 Å². The van der Waals surface area contributed by atoms with Crippen LogP contribution >= 0.6 is 0 Å². The van der Waals surface area contributed by atoms with Crippen molar-refractivity contribution in [1.82, 2.24) is 4.90 Å². The average Bonchev–Trinajstić information content (AvgIpc) is 3.05. The Balaban J connectivity index is 1.59. The summed E-state index contributed by atoms with van der Waals surface area (Å²) in [4.78, 5) is 26.7. The first-order chi connectivity index (χ1) is 11.1. The van der Waals surface area contributed by atoms with Crippen LogP contribution < -0.4 is 0 Å². The number of hydrogen-bond acceptors (Lipinski definition) is 3. The van der Waals surface area contributed by atoms with Gasteiger partial charge in [-0.3, -0.25) is 9.59 Å². The fourth-order valence-corrected chi connectivity index (χ4v) is 4.76. The summed E-state index contributed by atoms with van der Waals surface area (Å²) in [5.74, 6) is -0.189. The molecule has 1 aliphatic heterocycles. The highest BCUT2D eigenvalue weighted by atomic mass is 16.6. The van der Waals surface area contributed by atoms with Crippen molar-refractivity contribution in [3.8, 4) is 0 Å². The summed E-state index contributed by atoms with van der Waals surface area (Å²) in [7, 11) is 0. The van der Waals surface area contributed by atoms with Crippen LogP contribution in [0.25, 0.3) is 0 Å². The van der Waals surface area contributed by atoms with Crippen molar-refractivity contribution < 1.29 is 14.3 Å². The zero-order valence-electron chi connectivity index (χ0n) is 13.5. The quantitative estimate of drug-likeness (QED) is 0.806. The van der Waals surface area contributed by atoms with Crippen LogP contribution in [0.5, 0.6) is 0 Å². The predicted molar refractivity (Wildman–Crippen MR) is 85.5 cm³/mol. The molecule has 23 heavy (non-hydrogen) atoms. The number of ether oxygens (including phenoxy) is 1. The van der Waals surface area contributed by atoms with Gasteiger partial charge in [0.15, 0.2) is 5.60 Å². The van der Waals surface area contributed by atoms with Crippen LogP contribution in [0.2, 0.25) is 0 Å². The molecule has 122 valence electrons. The van der Waals surface area contributed by atoms with Gasteiger partial charge >= 0.3 is 5.97 Å². The van der Waals surface area contributed by atoms with Crippen molar-refractivity contribution >= 4 is 11.9 Å². The molecule has 0 bridgehead atoms. The summed E-state index contributed by atoms with van der Waals surface area (Å²) in [6.45, 7) is 2.17. The van der Waals surface area contributed by atoms with E-state index < -0.39 is 5.60 Å². The molecule has 2 aliphatic carbocycles. The van der Waals surface area contributed by atoms with E-state index in [1.807, 2.05) is 30.3 Å². The highest BCUT2D eigenvalue weighted by molar-refractivity contribution is 5.89. The summed E-state index contributed by atoms with van der Waals surface area (Å²) in [6, 6.07) is 10.2. The summed E-state index contributed by atoms with van der Waals surface area (Å²) < 4.78 is 5.72. The molecule has 4 heteroatoms. The molecule has 3 aliphatic rings. The van der Waals surface area contributed by atoms with Crippen LogP contribution in [0.3, 0.4) is 0 Å². The first-order valence-electron chi connectivity index (χ1n) is 8.70. The van der Waals surface area contributed by atoms with Crippen molar-refractivity contribution in [3.05, 3.63) is 35.9 Å². The van der Waals surface area contributed by atoms with Crippen molar-refractivity contribution in [2.45, 2.75) is 50.7 Å². The number of carbonyl (C=O) groups excluding carboxylic acids is 2. The molecule has 0 unspecified atom stereocenters. The summed E-state index contributed by atoms with van der Waals surface area (Å²) >= 11 is 0. The van der Waals surface area contributed by atoms with E-state index >= 15 is 0 Å². The zero-order chi connectivity index (χ0) is 16.0. The minimum absolute atomic E-state index is 0.114. The number of nitrogens with zero attached hydrogens (tertiary/aromatic N) is 1. The molecule has 0 aromatic heterocycles. The second kappa shape index (κ2) is 5.36. The van der Waals surface area contributed by atoms with Crippen LogP contribution in [0.4, 0.5) is 0 Å². The number of esters is 1. The van der Waals surface area contributed by atoms with Gasteiger partial charge in [-0.05, 0) is 18.4 Å². The Labute approximate surface area is 136 Å². The first kappa shape index (κ1) is 14.7. The van der Waals surface area contributed by atoms with Gasteiger partial charge in [0.25, 0.3) is 0 Å². The van der Waals surface area contributed by atoms with E-state index in [2.05, 4.69) is 4.90 Å². The van der Waals surface area contributed by atoms with E-state index in [0.717, 1.165) is 24.9 Å². The fourth-order valence-electron chi connectivity index (χ4n) is 4.76. The molecular weight excluding hydrogens is 290 g/mol. The molecule has 0 spiro atoms. The molecule has 4 rings (SSSR count). The number of piperidine rings is 1. The zero-order valence-corrected chi connectivity index (χ0v) is 13.5. The molecule has 0 N–H and O–H groups in total. The van der Waals surface area contributed by atoms with Gasteiger partial charge in [0, 0.05) is 25.4 Å². The highest BCUT2D eigenvalue weighted by Gasteiger charge is 2.77. The number of rotatable bonds is 3. The molecule has 1 heterocycles. The van der Waals surface area contributed by atoms with Gasteiger partial charge < -0.3 is 9.64 Å². The van der Waals surface area contributed by atoms with Gasteiger partial charge in [-0.25, -0.2) is 0 Å². The third-order valence-corrected chi connectivity index (χ3v) is 5.80. The smallest absolute Gasteiger partial charge is 0.303 e. The minimum Gasteiger partial charge on any atom is -0.453 e. The van der Waals surface area contributed by atoms with Crippen LogP contribution in [-0.4, -0.2) is 29.4 Å². The SMILES string of the molecule is CC(=O)O[C@@]1(c2ccccc2)[C@@H]2CN(C3CCCCC3)C(=O)[C@@H]21. The molecule has 0 radical (unpaired) electrons. The second-order valence-corrected chi connectivity index (χ2v) is 7.12. The summed E-state index contributed by atoms with van der Waals surface area (Å²) in [5.41, 5.74) is 0.247. The number of fused-ring (bicyclic) bond motifs is 1. The Kier molecular flexibility index (Phi) is 3.43. The maximum absolute atomic E-state index is 13.0. The van der Waals surface area contributed by atoms with Crippen molar-refractivity contribution in [2.24, 2.45) is 11.8 Å². The Morgan fingerprint density at radius 3 is 2.43 bits per heavy atom. The van der Waals surface area contributed by atoms with E-state index in [1.165, 1.54) is 26.2 Å². The van der Waals surface area contributed by atoms with E-state index in [1.54, 1.807) is 0 Å². The van der Waals surface area contributed by atoms with Crippen LogP contribution in [0, 0.1) is 11.8 Å². The van der Waals surface area contributed by atoms with E-state index in [4.69, 9.17) is 4.74 Å². The van der Waals surface area contributed by atoms with Crippen molar-refractivity contribution in [1.29, 1.82) is 0 Å².